The van der Waals surface area contributed by atoms with Crippen LogP contribution < -0.4 is 4.84 Å². The third kappa shape index (κ3) is 3.39. The molecule has 0 radical (unpaired) electrons. The van der Waals surface area contributed by atoms with Gasteiger partial charge in [0, 0.05) is 11.6 Å². The summed E-state index contributed by atoms with van der Waals surface area (Å²) in [5.74, 6) is -0.416. The molecule has 5 atom stereocenters. The molecule has 2 aromatic rings. The average molecular weight is 367 g/mol. The Morgan fingerprint density at radius 1 is 1.19 bits per heavy atom. The van der Waals surface area contributed by atoms with Crippen molar-refractivity contribution in [3.05, 3.63) is 36.0 Å². The highest BCUT2D eigenvalue weighted by molar-refractivity contribution is 5.87. The number of carbonyl (C=O) groups excluding carboxylic acids is 1. The average Bonchev–Trinajstić information content (AvgIpc) is 2.99. The van der Waals surface area contributed by atoms with Gasteiger partial charge in [-0.05, 0) is 11.6 Å². The highest BCUT2D eigenvalue weighted by Gasteiger charge is 2.45. The van der Waals surface area contributed by atoms with Gasteiger partial charge in [0.2, 0.25) is 0 Å². The molecule has 1 saturated heterocycles. The summed E-state index contributed by atoms with van der Waals surface area (Å²) in [6, 6.07) is 7.14. The lowest BCUT2D eigenvalue weighted by atomic mass is 9.99. The number of aliphatic hydroxyl groups excluding tert-OH is 4. The van der Waals surface area contributed by atoms with E-state index in [0.29, 0.717) is 11.1 Å². The molecule has 0 bridgehead atoms. The number of fused-ring (bicyclic) bond motifs is 1. The Hall–Kier alpha value is -2.17. The molecule has 9 heteroatoms. The third-order valence-electron chi connectivity index (χ3n) is 4.39. The summed E-state index contributed by atoms with van der Waals surface area (Å²) in [5.41, 5.74) is 1.26. The molecule has 0 unspecified atom stereocenters. The van der Waals surface area contributed by atoms with Gasteiger partial charge < -0.3 is 34.7 Å². The Kier molecular flexibility index (Phi) is 5.44. The maximum atomic E-state index is 11.6. The SMILES string of the molecule is COC(=O)Cc1cn(O[C@@H]2O[C@H](CO)[C@@H](O)[C@H](O)[C@H]2O)c2ccccc12. The van der Waals surface area contributed by atoms with Crippen molar-refractivity contribution in [2.45, 2.75) is 37.1 Å². The first kappa shape index (κ1) is 18.6. The lowest BCUT2D eigenvalue weighted by Crippen LogP contribution is -2.61. The number of para-hydroxylation sites is 1. The van der Waals surface area contributed by atoms with Crippen LogP contribution in [0.15, 0.2) is 30.5 Å². The smallest absolute Gasteiger partial charge is 0.310 e. The second-order valence-electron chi connectivity index (χ2n) is 6.05. The number of hydrogen-bond donors (Lipinski definition) is 4. The van der Waals surface area contributed by atoms with E-state index in [1.165, 1.54) is 11.8 Å². The molecule has 142 valence electrons. The number of aromatic nitrogens is 1. The van der Waals surface area contributed by atoms with Crippen molar-refractivity contribution in [1.29, 1.82) is 0 Å². The maximum absolute atomic E-state index is 11.6. The van der Waals surface area contributed by atoms with E-state index in [2.05, 4.69) is 0 Å². The molecule has 3 rings (SSSR count). The molecule has 1 aromatic heterocycles. The summed E-state index contributed by atoms with van der Waals surface area (Å²) in [7, 11) is 1.30. The summed E-state index contributed by atoms with van der Waals surface area (Å²) in [5, 5.41) is 39.8. The predicted octanol–water partition coefficient (Wildman–Crippen LogP) is -1.41. The van der Waals surface area contributed by atoms with Crippen molar-refractivity contribution >= 4 is 16.9 Å². The van der Waals surface area contributed by atoms with E-state index < -0.39 is 43.3 Å². The van der Waals surface area contributed by atoms with E-state index in [1.54, 1.807) is 30.5 Å². The highest BCUT2D eigenvalue weighted by Crippen LogP contribution is 2.25. The summed E-state index contributed by atoms with van der Waals surface area (Å²) >= 11 is 0. The van der Waals surface area contributed by atoms with Crippen LogP contribution in [-0.2, 0) is 20.7 Å². The third-order valence-corrected chi connectivity index (χ3v) is 4.39. The molecule has 0 saturated carbocycles. The van der Waals surface area contributed by atoms with Crippen LogP contribution in [0.3, 0.4) is 0 Å². The van der Waals surface area contributed by atoms with Gasteiger partial charge in [0.15, 0.2) is 0 Å². The van der Waals surface area contributed by atoms with Crippen LogP contribution in [0.25, 0.3) is 10.9 Å². The summed E-state index contributed by atoms with van der Waals surface area (Å²) in [4.78, 5) is 17.2. The lowest BCUT2D eigenvalue weighted by Gasteiger charge is -2.39. The molecule has 1 aromatic carbocycles. The van der Waals surface area contributed by atoms with Crippen LogP contribution in [0.5, 0.6) is 0 Å². The first-order valence-electron chi connectivity index (χ1n) is 8.09. The molecule has 1 aliphatic heterocycles. The number of benzene rings is 1. The zero-order valence-corrected chi connectivity index (χ0v) is 14.1. The normalized spacial score (nSPS) is 28.9. The van der Waals surface area contributed by atoms with Gasteiger partial charge in [0.1, 0.15) is 24.4 Å². The quantitative estimate of drug-likeness (QED) is 0.474. The largest absolute Gasteiger partial charge is 0.469 e. The van der Waals surface area contributed by atoms with Crippen molar-refractivity contribution in [1.82, 2.24) is 4.73 Å². The number of rotatable bonds is 5. The van der Waals surface area contributed by atoms with Crippen molar-refractivity contribution in [2.75, 3.05) is 13.7 Å². The predicted molar refractivity (Wildman–Crippen MR) is 88.0 cm³/mol. The number of nitrogens with zero attached hydrogens (tertiary/aromatic N) is 1. The molecular weight excluding hydrogens is 346 g/mol. The molecule has 1 aliphatic rings. The fourth-order valence-corrected chi connectivity index (χ4v) is 2.94. The summed E-state index contributed by atoms with van der Waals surface area (Å²) < 4.78 is 11.4. The first-order chi connectivity index (χ1) is 12.5. The van der Waals surface area contributed by atoms with Gasteiger partial charge in [0.25, 0.3) is 6.29 Å². The van der Waals surface area contributed by atoms with Gasteiger partial charge in [0.05, 0.1) is 25.7 Å². The van der Waals surface area contributed by atoms with Crippen LogP contribution in [0.1, 0.15) is 5.56 Å². The summed E-state index contributed by atoms with van der Waals surface area (Å²) in [6.07, 6.45) is -5.35. The fraction of sp³-hybridized carbons (Fsp3) is 0.471. The minimum Gasteiger partial charge on any atom is -0.469 e. The van der Waals surface area contributed by atoms with Gasteiger partial charge in [-0.15, -0.1) is 0 Å². The molecular formula is C17H21NO8. The van der Waals surface area contributed by atoms with E-state index in [-0.39, 0.29) is 6.42 Å². The Morgan fingerprint density at radius 3 is 2.62 bits per heavy atom. The van der Waals surface area contributed by atoms with Crippen molar-refractivity contribution in [3.63, 3.8) is 0 Å². The molecule has 9 nitrogen and oxygen atoms in total. The van der Waals surface area contributed by atoms with Gasteiger partial charge in [-0.25, -0.2) is 0 Å². The topological polar surface area (TPSA) is 131 Å². The number of carbonyl (C=O) groups is 1. The molecule has 26 heavy (non-hydrogen) atoms. The van der Waals surface area contributed by atoms with Crippen molar-refractivity contribution < 1.29 is 39.5 Å². The molecule has 1 fully saturated rings. The monoisotopic (exact) mass is 367 g/mol. The number of ether oxygens (including phenoxy) is 2. The Bertz CT molecular complexity index is 773. The van der Waals surface area contributed by atoms with Crippen molar-refractivity contribution in [2.24, 2.45) is 0 Å². The van der Waals surface area contributed by atoms with Crippen LogP contribution in [0, 0.1) is 0 Å². The number of aliphatic hydroxyl groups is 4. The highest BCUT2D eigenvalue weighted by atomic mass is 16.8. The second kappa shape index (κ2) is 7.60. The molecule has 2 heterocycles. The van der Waals surface area contributed by atoms with E-state index in [0.717, 1.165) is 5.39 Å². The number of esters is 1. The minimum absolute atomic E-state index is 0.0298. The standard InChI is InChI=1S/C17H21NO8/c1-24-13(20)6-9-7-18(11-5-3-2-4-10(9)11)26-17-16(23)15(22)14(21)12(8-19)25-17/h2-5,7,12,14-17,19,21-23H,6,8H2,1H3/t12-,14-,15+,16-,17+/m1/s1. The maximum Gasteiger partial charge on any atom is 0.310 e. The zero-order chi connectivity index (χ0) is 18.8. The van der Waals surface area contributed by atoms with Crippen LogP contribution in [-0.4, -0.2) is 75.5 Å². The van der Waals surface area contributed by atoms with Gasteiger partial charge >= 0.3 is 5.97 Å². The van der Waals surface area contributed by atoms with E-state index in [9.17, 15) is 25.2 Å². The minimum atomic E-state index is -1.54. The zero-order valence-electron chi connectivity index (χ0n) is 14.1. The first-order valence-corrected chi connectivity index (χ1v) is 8.09. The number of methoxy groups -OCH3 is 1. The summed E-state index contributed by atoms with van der Waals surface area (Å²) in [6.45, 7) is -0.551. The molecule has 0 aliphatic carbocycles. The van der Waals surface area contributed by atoms with Gasteiger partial charge in [-0.2, -0.15) is 4.73 Å². The Labute approximate surface area is 148 Å². The van der Waals surface area contributed by atoms with Crippen LogP contribution >= 0.6 is 0 Å². The molecule has 4 N–H and O–H groups in total. The van der Waals surface area contributed by atoms with E-state index in [1.807, 2.05) is 0 Å². The molecule has 0 spiro atoms. The van der Waals surface area contributed by atoms with Gasteiger partial charge in [-0.3, -0.25) is 4.79 Å². The van der Waals surface area contributed by atoms with E-state index >= 15 is 0 Å². The van der Waals surface area contributed by atoms with E-state index in [4.69, 9.17) is 14.3 Å². The van der Waals surface area contributed by atoms with Crippen LogP contribution in [0.4, 0.5) is 0 Å². The Morgan fingerprint density at radius 2 is 1.92 bits per heavy atom. The Balaban J connectivity index is 1.89. The lowest BCUT2D eigenvalue weighted by molar-refractivity contribution is -0.299. The molecule has 0 amide bonds. The fourth-order valence-electron chi connectivity index (χ4n) is 2.94. The van der Waals surface area contributed by atoms with Crippen LogP contribution in [0.2, 0.25) is 0 Å². The number of hydrogen-bond acceptors (Lipinski definition) is 8. The second-order valence-corrected chi connectivity index (χ2v) is 6.05. The van der Waals surface area contributed by atoms with Gasteiger partial charge in [-0.1, -0.05) is 18.2 Å². The van der Waals surface area contributed by atoms with Crippen molar-refractivity contribution in [3.8, 4) is 0 Å².